The van der Waals surface area contributed by atoms with E-state index >= 15 is 0 Å². The Morgan fingerprint density at radius 1 is 1.25 bits per heavy atom. The summed E-state index contributed by atoms with van der Waals surface area (Å²) in [5.41, 5.74) is -1.56. The molecular weight excluding hydrogens is 390 g/mol. The smallest absolute Gasteiger partial charge is 0.325 e. The molecule has 0 aromatic heterocycles. The van der Waals surface area contributed by atoms with Crippen LogP contribution in [-0.2, 0) is 24.3 Å². The van der Waals surface area contributed by atoms with E-state index in [2.05, 4.69) is 10.0 Å². The monoisotopic (exact) mass is 415 g/mol. The van der Waals surface area contributed by atoms with Crippen LogP contribution in [0.5, 0.6) is 0 Å². The molecule has 2 atom stereocenters. The second-order valence-corrected chi connectivity index (χ2v) is 8.80. The molecule has 10 nitrogen and oxygen atoms in total. The van der Waals surface area contributed by atoms with Gasteiger partial charge in [0.1, 0.15) is 11.6 Å². The van der Waals surface area contributed by atoms with Gasteiger partial charge in [0.2, 0.25) is 10.0 Å². The van der Waals surface area contributed by atoms with Gasteiger partial charge in [0.25, 0.3) is 5.69 Å². The van der Waals surface area contributed by atoms with Gasteiger partial charge in [0.05, 0.1) is 11.0 Å². The maximum absolute atomic E-state index is 12.7. The van der Waals surface area contributed by atoms with Gasteiger partial charge in [-0.2, -0.15) is 4.72 Å². The van der Waals surface area contributed by atoms with Crippen LogP contribution < -0.4 is 10.0 Å². The van der Waals surface area contributed by atoms with Crippen molar-refractivity contribution in [3.05, 3.63) is 34.4 Å². The summed E-state index contributed by atoms with van der Waals surface area (Å²) in [4.78, 5) is 34.4. The van der Waals surface area contributed by atoms with Crippen molar-refractivity contribution in [2.75, 3.05) is 7.05 Å². The van der Waals surface area contributed by atoms with E-state index in [-0.39, 0.29) is 0 Å². The molecule has 156 valence electrons. The van der Waals surface area contributed by atoms with E-state index in [1.54, 1.807) is 34.7 Å². The van der Waals surface area contributed by atoms with E-state index < -0.39 is 61.4 Å². The molecule has 0 heterocycles. The zero-order valence-electron chi connectivity index (χ0n) is 16.4. The van der Waals surface area contributed by atoms with Gasteiger partial charge < -0.3 is 10.1 Å². The van der Waals surface area contributed by atoms with Crippen LogP contribution in [0.4, 0.5) is 5.69 Å². The number of nitro benzene ring substituents is 1. The average Bonchev–Trinajstić information content (AvgIpc) is 2.58. The zero-order valence-corrected chi connectivity index (χ0v) is 17.2. The summed E-state index contributed by atoms with van der Waals surface area (Å²) >= 11 is 0. The van der Waals surface area contributed by atoms with Crippen molar-refractivity contribution >= 4 is 27.5 Å². The highest BCUT2D eigenvalue weighted by Crippen LogP contribution is 2.23. The van der Waals surface area contributed by atoms with Crippen LogP contribution in [0.25, 0.3) is 0 Å². The molecule has 0 fully saturated rings. The van der Waals surface area contributed by atoms with Crippen molar-refractivity contribution in [1.29, 1.82) is 0 Å². The summed E-state index contributed by atoms with van der Waals surface area (Å²) in [6.07, 6.45) is -0.475. The number of likely N-dealkylation sites (N-methyl/N-ethyl adjacent to an activating group) is 1. The molecule has 0 saturated heterocycles. The lowest BCUT2D eigenvalue weighted by atomic mass is 10.1. The average molecular weight is 415 g/mol. The lowest BCUT2D eigenvalue weighted by molar-refractivity contribution is -0.387. The summed E-state index contributed by atoms with van der Waals surface area (Å²) in [5, 5.41) is 13.8. The van der Waals surface area contributed by atoms with Crippen molar-refractivity contribution in [2.24, 2.45) is 0 Å². The van der Waals surface area contributed by atoms with Crippen LogP contribution >= 0.6 is 0 Å². The van der Waals surface area contributed by atoms with Crippen LogP contribution in [0.2, 0.25) is 0 Å². The Bertz CT molecular complexity index is 847. The molecule has 0 amide bonds. The van der Waals surface area contributed by atoms with E-state index in [1.165, 1.54) is 12.1 Å². The molecule has 0 bridgehead atoms. The number of ketones is 1. The van der Waals surface area contributed by atoms with Crippen LogP contribution in [0.1, 0.15) is 34.1 Å². The van der Waals surface area contributed by atoms with Gasteiger partial charge in [0.15, 0.2) is 10.7 Å². The predicted molar refractivity (Wildman–Crippen MR) is 101 cm³/mol. The summed E-state index contributed by atoms with van der Waals surface area (Å²) in [5.74, 6) is -1.38. The van der Waals surface area contributed by atoms with Gasteiger partial charge in [-0.1, -0.05) is 12.1 Å². The molecular formula is C17H25N3O7S. The van der Waals surface area contributed by atoms with Crippen molar-refractivity contribution in [3.8, 4) is 0 Å². The Hall–Kier alpha value is -2.37. The number of hydrogen-bond acceptors (Lipinski definition) is 8. The summed E-state index contributed by atoms with van der Waals surface area (Å²) in [6.45, 7) is 6.34. The molecule has 0 radical (unpaired) electrons. The van der Waals surface area contributed by atoms with Gasteiger partial charge in [0, 0.05) is 12.5 Å². The molecule has 2 N–H and O–H groups in total. The molecule has 0 aliphatic heterocycles. The number of benzene rings is 1. The highest BCUT2D eigenvalue weighted by Gasteiger charge is 2.34. The first-order valence-corrected chi connectivity index (χ1v) is 9.95. The van der Waals surface area contributed by atoms with Gasteiger partial charge in [-0.05, 0) is 40.8 Å². The Labute approximate surface area is 163 Å². The fourth-order valence-corrected chi connectivity index (χ4v) is 3.53. The third kappa shape index (κ3) is 6.66. The predicted octanol–water partition coefficient (Wildman–Crippen LogP) is 1.15. The topological polar surface area (TPSA) is 145 Å². The third-order valence-electron chi connectivity index (χ3n) is 3.66. The number of hydrogen-bond donors (Lipinski definition) is 2. The number of carbonyl (C=O) groups is 2. The van der Waals surface area contributed by atoms with E-state index in [0.29, 0.717) is 0 Å². The van der Waals surface area contributed by atoms with Crippen LogP contribution in [0, 0.1) is 10.1 Å². The van der Waals surface area contributed by atoms with Crippen LogP contribution in [0.15, 0.2) is 29.2 Å². The number of rotatable bonds is 9. The first kappa shape index (κ1) is 23.7. The zero-order chi connectivity index (χ0) is 21.7. The van der Waals surface area contributed by atoms with Gasteiger partial charge in [-0.3, -0.25) is 19.7 Å². The molecule has 1 rings (SSSR count). The largest absolute Gasteiger partial charge is 0.459 e. The Morgan fingerprint density at radius 3 is 2.32 bits per heavy atom. The minimum Gasteiger partial charge on any atom is -0.459 e. The summed E-state index contributed by atoms with van der Waals surface area (Å²) in [7, 11) is -2.93. The standard InChI is InChI=1S/C17H25N3O7S/c1-11(18-5)14(21)10-12(16(22)27-17(2,3)4)19-28(25,26)15-9-7-6-8-13(15)20(23)24/h6-9,11-12,18-19H,10H2,1-5H3/t11-,12?/m0/s1. The summed E-state index contributed by atoms with van der Waals surface area (Å²) in [6, 6.07) is 2.56. The lowest BCUT2D eigenvalue weighted by Crippen LogP contribution is -2.47. The number of carbonyl (C=O) groups excluding carboxylic acids is 2. The number of esters is 1. The van der Waals surface area contributed by atoms with E-state index in [9.17, 15) is 28.1 Å². The van der Waals surface area contributed by atoms with Crippen molar-refractivity contribution in [3.63, 3.8) is 0 Å². The number of nitrogens with one attached hydrogen (secondary N) is 2. The molecule has 11 heteroatoms. The quantitative estimate of drug-likeness (QED) is 0.347. The second-order valence-electron chi connectivity index (χ2n) is 7.11. The van der Waals surface area contributed by atoms with Gasteiger partial charge in [-0.25, -0.2) is 8.42 Å². The van der Waals surface area contributed by atoms with E-state index in [0.717, 1.165) is 12.1 Å². The number of Topliss-reactive ketones (excluding diaryl/α,β-unsaturated/α-hetero) is 1. The van der Waals surface area contributed by atoms with Gasteiger partial charge >= 0.3 is 5.97 Å². The number of para-hydroxylation sites is 1. The lowest BCUT2D eigenvalue weighted by Gasteiger charge is -2.24. The minimum atomic E-state index is -4.48. The highest BCUT2D eigenvalue weighted by molar-refractivity contribution is 7.89. The summed E-state index contributed by atoms with van der Waals surface area (Å²) < 4.78 is 32.7. The Kier molecular flexibility index (Phi) is 7.79. The molecule has 0 saturated carbocycles. The number of nitro groups is 1. The van der Waals surface area contributed by atoms with E-state index in [4.69, 9.17) is 4.74 Å². The number of nitrogens with zero attached hydrogens (tertiary/aromatic N) is 1. The molecule has 1 aromatic rings. The first-order valence-electron chi connectivity index (χ1n) is 8.47. The molecule has 0 spiro atoms. The van der Waals surface area contributed by atoms with Crippen LogP contribution in [0.3, 0.4) is 0 Å². The van der Waals surface area contributed by atoms with Crippen molar-refractivity contribution < 1.29 is 27.7 Å². The molecule has 1 aromatic carbocycles. The molecule has 0 aliphatic carbocycles. The Morgan fingerprint density at radius 2 is 1.82 bits per heavy atom. The second kappa shape index (κ2) is 9.22. The van der Waals surface area contributed by atoms with Crippen molar-refractivity contribution in [1.82, 2.24) is 10.0 Å². The maximum Gasteiger partial charge on any atom is 0.325 e. The number of ether oxygens (including phenoxy) is 1. The fourth-order valence-electron chi connectivity index (χ4n) is 2.17. The molecule has 0 aliphatic rings. The SMILES string of the molecule is CN[C@@H](C)C(=O)CC(NS(=O)(=O)c1ccccc1[N+](=O)[O-])C(=O)OC(C)(C)C. The highest BCUT2D eigenvalue weighted by atomic mass is 32.2. The van der Waals surface area contributed by atoms with Crippen LogP contribution in [-0.4, -0.2) is 49.8 Å². The molecule has 1 unspecified atom stereocenters. The third-order valence-corrected chi connectivity index (χ3v) is 5.18. The Balaban J connectivity index is 3.26. The first-order chi connectivity index (χ1) is 12.8. The minimum absolute atomic E-state index is 0.427. The fraction of sp³-hybridized carbons (Fsp3) is 0.529. The van der Waals surface area contributed by atoms with Gasteiger partial charge in [-0.15, -0.1) is 0 Å². The normalized spacial score (nSPS) is 14.2. The van der Waals surface area contributed by atoms with Crippen molar-refractivity contribution in [2.45, 2.75) is 56.7 Å². The number of sulfonamides is 1. The van der Waals surface area contributed by atoms with E-state index in [1.807, 2.05) is 0 Å². The maximum atomic E-state index is 12.7. The molecule has 28 heavy (non-hydrogen) atoms.